The minimum Gasteiger partial charge on any atom is -0.220 e. The molecular weight excluding hydrogens is 315 g/mol. The first-order valence-corrected chi connectivity index (χ1v) is 7.37. The van der Waals surface area contributed by atoms with Crippen LogP contribution in [0.5, 0.6) is 0 Å². The molecule has 1 aromatic carbocycles. The summed E-state index contributed by atoms with van der Waals surface area (Å²) < 4.78 is 0. The first-order valence-electron chi connectivity index (χ1n) is 6.24. The molecule has 0 amide bonds. The molecule has 20 heavy (non-hydrogen) atoms. The van der Waals surface area contributed by atoms with Crippen LogP contribution in [0.15, 0.2) is 24.3 Å². The highest BCUT2D eigenvalue weighted by molar-refractivity contribution is 6.38. The number of nitrogens with zero attached hydrogens (tertiary/aromatic N) is 2. The van der Waals surface area contributed by atoms with E-state index in [1.54, 1.807) is 12.1 Å². The number of rotatable bonds is 2. The maximum absolute atomic E-state index is 6.27. The van der Waals surface area contributed by atoms with Gasteiger partial charge in [-0.05, 0) is 23.1 Å². The maximum Gasteiger partial charge on any atom is 0.142 e. The molecule has 0 saturated carbocycles. The first-order chi connectivity index (χ1) is 9.26. The number of hydrogen-bond acceptors (Lipinski definition) is 2. The summed E-state index contributed by atoms with van der Waals surface area (Å²) in [5.74, 6) is 0.651. The lowest BCUT2D eigenvalue weighted by molar-refractivity contribution is 0.400. The Morgan fingerprint density at radius 2 is 1.60 bits per heavy atom. The van der Waals surface area contributed by atoms with E-state index in [-0.39, 0.29) is 5.41 Å². The molecule has 0 aliphatic rings. The number of halogens is 3. The van der Waals surface area contributed by atoms with E-state index in [9.17, 15) is 0 Å². The Balaban J connectivity index is 2.47. The second kappa shape index (κ2) is 5.88. The third-order valence-electron chi connectivity index (χ3n) is 2.67. The Morgan fingerprint density at radius 1 is 1.00 bits per heavy atom. The standard InChI is InChI=1S/C15H15Cl3N2/c1-15(2,3)8-11-19-13(17)12(14(18)20-11)9-5-4-6-10(16)7-9/h4-7H,8H2,1-3H3. The van der Waals surface area contributed by atoms with Crippen LogP contribution in [0.4, 0.5) is 0 Å². The van der Waals surface area contributed by atoms with Crippen molar-refractivity contribution in [2.45, 2.75) is 27.2 Å². The third-order valence-corrected chi connectivity index (χ3v) is 3.45. The van der Waals surface area contributed by atoms with Crippen LogP contribution in [-0.2, 0) is 6.42 Å². The molecule has 0 unspecified atom stereocenters. The predicted molar refractivity (Wildman–Crippen MR) is 85.7 cm³/mol. The van der Waals surface area contributed by atoms with Gasteiger partial charge in [-0.3, -0.25) is 0 Å². The largest absolute Gasteiger partial charge is 0.220 e. The van der Waals surface area contributed by atoms with E-state index in [0.29, 0.717) is 33.1 Å². The topological polar surface area (TPSA) is 25.8 Å². The summed E-state index contributed by atoms with van der Waals surface area (Å²) in [4.78, 5) is 8.70. The SMILES string of the molecule is CC(C)(C)Cc1nc(Cl)c(-c2cccc(Cl)c2)c(Cl)n1. The van der Waals surface area contributed by atoms with Gasteiger partial charge < -0.3 is 0 Å². The fraction of sp³-hybridized carbons (Fsp3) is 0.333. The molecule has 1 heterocycles. The van der Waals surface area contributed by atoms with Gasteiger partial charge in [-0.1, -0.05) is 67.7 Å². The van der Waals surface area contributed by atoms with Gasteiger partial charge in [-0.25, -0.2) is 9.97 Å². The van der Waals surface area contributed by atoms with Gasteiger partial charge in [0.1, 0.15) is 16.1 Å². The summed E-state index contributed by atoms with van der Waals surface area (Å²) in [6, 6.07) is 7.31. The molecule has 2 nitrogen and oxygen atoms in total. The minimum atomic E-state index is 0.0736. The van der Waals surface area contributed by atoms with Crippen LogP contribution in [0.2, 0.25) is 15.3 Å². The van der Waals surface area contributed by atoms with Crippen molar-refractivity contribution in [3.8, 4) is 11.1 Å². The van der Waals surface area contributed by atoms with Crippen molar-refractivity contribution in [2.75, 3.05) is 0 Å². The Morgan fingerprint density at radius 3 is 2.10 bits per heavy atom. The van der Waals surface area contributed by atoms with Crippen LogP contribution < -0.4 is 0 Å². The van der Waals surface area contributed by atoms with Crippen molar-refractivity contribution < 1.29 is 0 Å². The van der Waals surface area contributed by atoms with Gasteiger partial charge in [0, 0.05) is 11.4 Å². The lowest BCUT2D eigenvalue weighted by atomic mass is 9.92. The highest BCUT2D eigenvalue weighted by Crippen LogP contribution is 2.34. The Bertz CT molecular complexity index is 610. The quantitative estimate of drug-likeness (QED) is 0.661. The van der Waals surface area contributed by atoms with Gasteiger partial charge in [0.05, 0.1) is 5.56 Å². The van der Waals surface area contributed by atoms with E-state index in [1.165, 1.54) is 0 Å². The Hall–Kier alpha value is -0.830. The van der Waals surface area contributed by atoms with Gasteiger partial charge in [-0.2, -0.15) is 0 Å². The lowest BCUT2D eigenvalue weighted by Crippen LogP contribution is -2.12. The minimum absolute atomic E-state index is 0.0736. The predicted octanol–water partition coefficient (Wildman–Crippen LogP) is 5.69. The van der Waals surface area contributed by atoms with Gasteiger partial charge in [0.15, 0.2) is 0 Å². The second-order valence-corrected chi connectivity index (χ2v) is 7.00. The average molecular weight is 330 g/mol. The summed E-state index contributed by atoms with van der Waals surface area (Å²) >= 11 is 18.5. The molecule has 0 aliphatic carbocycles. The highest BCUT2D eigenvalue weighted by Gasteiger charge is 2.18. The van der Waals surface area contributed by atoms with Crippen LogP contribution in [0, 0.1) is 5.41 Å². The number of hydrogen-bond donors (Lipinski definition) is 0. The van der Waals surface area contributed by atoms with Crippen LogP contribution in [-0.4, -0.2) is 9.97 Å². The Kier molecular flexibility index (Phi) is 4.58. The van der Waals surface area contributed by atoms with E-state index < -0.39 is 0 Å². The molecule has 2 rings (SSSR count). The Labute approximate surface area is 134 Å². The van der Waals surface area contributed by atoms with Crippen molar-refractivity contribution in [1.82, 2.24) is 9.97 Å². The normalized spacial score (nSPS) is 11.7. The van der Waals surface area contributed by atoms with E-state index in [2.05, 4.69) is 30.7 Å². The zero-order valence-electron chi connectivity index (χ0n) is 11.5. The fourth-order valence-electron chi connectivity index (χ4n) is 1.88. The third kappa shape index (κ3) is 3.85. The molecule has 0 radical (unpaired) electrons. The maximum atomic E-state index is 6.27. The van der Waals surface area contributed by atoms with Crippen molar-refractivity contribution in [1.29, 1.82) is 0 Å². The van der Waals surface area contributed by atoms with Gasteiger partial charge in [0.2, 0.25) is 0 Å². The highest BCUT2D eigenvalue weighted by atomic mass is 35.5. The summed E-state index contributed by atoms with van der Waals surface area (Å²) in [6.45, 7) is 6.34. The van der Waals surface area contributed by atoms with E-state index >= 15 is 0 Å². The molecule has 2 aromatic rings. The van der Waals surface area contributed by atoms with E-state index in [1.807, 2.05) is 12.1 Å². The van der Waals surface area contributed by atoms with Gasteiger partial charge in [0.25, 0.3) is 0 Å². The summed E-state index contributed by atoms with van der Waals surface area (Å²) in [5.41, 5.74) is 1.51. The number of aromatic nitrogens is 2. The molecule has 0 aliphatic heterocycles. The summed E-state index contributed by atoms with van der Waals surface area (Å²) in [7, 11) is 0. The monoisotopic (exact) mass is 328 g/mol. The lowest BCUT2D eigenvalue weighted by Gasteiger charge is -2.17. The zero-order valence-corrected chi connectivity index (χ0v) is 13.8. The average Bonchev–Trinajstić information content (AvgIpc) is 2.25. The van der Waals surface area contributed by atoms with Crippen molar-refractivity contribution in [3.05, 3.63) is 45.4 Å². The molecule has 1 aromatic heterocycles. The molecule has 0 N–H and O–H groups in total. The first kappa shape index (κ1) is 15.6. The summed E-state index contributed by atoms with van der Waals surface area (Å²) in [6.07, 6.45) is 0.711. The summed E-state index contributed by atoms with van der Waals surface area (Å²) in [5, 5.41) is 1.33. The molecule has 0 fully saturated rings. The molecule has 0 saturated heterocycles. The fourth-order valence-corrected chi connectivity index (χ4v) is 2.72. The molecule has 0 atom stereocenters. The van der Waals surface area contributed by atoms with Crippen LogP contribution in [0.25, 0.3) is 11.1 Å². The molecule has 106 valence electrons. The molecule has 5 heteroatoms. The van der Waals surface area contributed by atoms with Crippen molar-refractivity contribution in [3.63, 3.8) is 0 Å². The van der Waals surface area contributed by atoms with Gasteiger partial charge in [-0.15, -0.1) is 0 Å². The van der Waals surface area contributed by atoms with Crippen LogP contribution in [0.3, 0.4) is 0 Å². The second-order valence-electron chi connectivity index (χ2n) is 5.84. The van der Waals surface area contributed by atoms with Crippen molar-refractivity contribution in [2.24, 2.45) is 5.41 Å². The van der Waals surface area contributed by atoms with E-state index in [4.69, 9.17) is 34.8 Å². The smallest absolute Gasteiger partial charge is 0.142 e. The van der Waals surface area contributed by atoms with Crippen LogP contribution >= 0.6 is 34.8 Å². The van der Waals surface area contributed by atoms with Gasteiger partial charge >= 0.3 is 0 Å². The van der Waals surface area contributed by atoms with Crippen molar-refractivity contribution >= 4 is 34.8 Å². The van der Waals surface area contributed by atoms with E-state index in [0.717, 1.165) is 5.56 Å². The molecule has 0 spiro atoms. The molecule has 0 bridgehead atoms. The zero-order chi connectivity index (χ0) is 14.9. The number of benzene rings is 1. The van der Waals surface area contributed by atoms with Crippen LogP contribution in [0.1, 0.15) is 26.6 Å². The molecular formula is C15H15Cl3N2.